The van der Waals surface area contributed by atoms with Crippen LogP contribution in [0.2, 0.25) is 5.02 Å². The van der Waals surface area contributed by atoms with Crippen LogP contribution in [0.25, 0.3) is 0 Å². The molecule has 2 aromatic rings. The molecular formula is C17H20ClNS. The van der Waals surface area contributed by atoms with Crippen LogP contribution in [0.15, 0.2) is 52.3 Å². The van der Waals surface area contributed by atoms with E-state index in [1.165, 1.54) is 16.0 Å². The summed E-state index contributed by atoms with van der Waals surface area (Å²) < 4.78 is 0. The smallest absolute Gasteiger partial charge is 0.0545 e. The van der Waals surface area contributed by atoms with Crippen molar-refractivity contribution in [2.75, 3.05) is 0 Å². The number of nitrogens with two attached hydrogens (primary N) is 1. The fourth-order valence-corrected chi connectivity index (χ4v) is 3.25. The Kier molecular flexibility index (Phi) is 5.53. The van der Waals surface area contributed by atoms with E-state index in [4.69, 9.17) is 17.3 Å². The molecule has 0 heterocycles. The Bertz CT molecular complexity index is 583. The zero-order valence-corrected chi connectivity index (χ0v) is 13.5. The van der Waals surface area contributed by atoms with Crippen LogP contribution in [0, 0.1) is 6.92 Å². The molecule has 0 aromatic heterocycles. The first-order chi connectivity index (χ1) is 9.60. The highest BCUT2D eigenvalue weighted by molar-refractivity contribution is 7.99. The van der Waals surface area contributed by atoms with Gasteiger partial charge in [0.05, 0.1) is 5.02 Å². The molecule has 0 aliphatic carbocycles. The van der Waals surface area contributed by atoms with Crippen LogP contribution < -0.4 is 5.73 Å². The highest BCUT2D eigenvalue weighted by Gasteiger charge is 2.10. The second-order valence-corrected chi connectivity index (χ2v) is 6.51. The van der Waals surface area contributed by atoms with Crippen molar-refractivity contribution in [2.24, 2.45) is 5.73 Å². The second-order valence-electron chi connectivity index (χ2n) is 5.02. The van der Waals surface area contributed by atoms with Crippen molar-refractivity contribution in [1.82, 2.24) is 0 Å². The molecule has 1 unspecified atom stereocenters. The summed E-state index contributed by atoms with van der Waals surface area (Å²) in [4.78, 5) is 2.33. The lowest BCUT2D eigenvalue weighted by Crippen LogP contribution is -2.21. The summed E-state index contributed by atoms with van der Waals surface area (Å²) in [5, 5.41) is 0.795. The van der Waals surface area contributed by atoms with Crippen LogP contribution in [0.4, 0.5) is 0 Å². The van der Waals surface area contributed by atoms with Gasteiger partial charge in [0, 0.05) is 15.8 Å². The van der Waals surface area contributed by atoms with Gasteiger partial charge in [-0.3, -0.25) is 0 Å². The molecule has 0 fully saturated rings. The molecule has 20 heavy (non-hydrogen) atoms. The minimum atomic E-state index is 0.211. The maximum Gasteiger partial charge on any atom is 0.0545 e. The Labute approximate surface area is 130 Å². The summed E-state index contributed by atoms with van der Waals surface area (Å²) in [6.45, 7) is 4.24. The third-order valence-electron chi connectivity index (χ3n) is 3.28. The molecule has 0 aliphatic heterocycles. The number of benzene rings is 2. The van der Waals surface area contributed by atoms with Crippen LogP contribution in [0.1, 0.15) is 24.5 Å². The van der Waals surface area contributed by atoms with Crippen LogP contribution in [-0.2, 0) is 6.42 Å². The van der Waals surface area contributed by atoms with Gasteiger partial charge in [0.25, 0.3) is 0 Å². The van der Waals surface area contributed by atoms with E-state index < -0.39 is 0 Å². The monoisotopic (exact) mass is 305 g/mol. The molecule has 0 saturated heterocycles. The summed E-state index contributed by atoms with van der Waals surface area (Å²) in [6.07, 6.45) is 1.90. The Morgan fingerprint density at radius 2 is 1.90 bits per heavy atom. The van der Waals surface area contributed by atoms with E-state index in [0.717, 1.165) is 22.8 Å². The van der Waals surface area contributed by atoms with E-state index in [2.05, 4.69) is 38.1 Å². The molecule has 0 radical (unpaired) electrons. The molecule has 2 rings (SSSR count). The first-order valence-corrected chi connectivity index (χ1v) is 8.07. The molecule has 0 aliphatic rings. The summed E-state index contributed by atoms with van der Waals surface area (Å²) in [6, 6.07) is 14.7. The van der Waals surface area contributed by atoms with E-state index in [9.17, 15) is 0 Å². The standard InChI is InChI=1S/C17H20ClNS/c1-3-14(19)11-13-10-12(2)8-9-16(13)20-17-7-5-4-6-15(17)18/h4-10,14H,3,11,19H2,1-2H3. The normalized spacial score (nSPS) is 12.4. The third kappa shape index (κ3) is 4.02. The summed E-state index contributed by atoms with van der Waals surface area (Å²) in [7, 11) is 0. The average molecular weight is 306 g/mol. The van der Waals surface area contributed by atoms with E-state index in [1.54, 1.807) is 11.8 Å². The zero-order chi connectivity index (χ0) is 14.5. The average Bonchev–Trinajstić information content (AvgIpc) is 2.44. The predicted octanol–water partition coefficient (Wildman–Crippen LogP) is 5.08. The van der Waals surface area contributed by atoms with Crippen molar-refractivity contribution in [3.8, 4) is 0 Å². The first kappa shape index (κ1) is 15.4. The van der Waals surface area contributed by atoms with Crippen molar-refractivity contribution in [2.45, 2.75) is 42.5 Å². The summed E-state index contributed by atoms with van der Waals surface area (Å²) in [5.74, 6) is 0. The van der Waals surface area contributed by atoms with Crippen LogP contribution in [0.3, 0.4) is 0 Å². The zero-order valence-electron chi connectivity index (χ0n) is 11.9. The highest BCUT2D eigenvalue weighted by Crippen LogP contribution is 2.35. The molecule has 2 N–H and O–H groups in total. The van der Waals surface area contributed by atoms with Gasteiger partial charge in [-0.2, -0.15) is 0 Å². The maximum atomic E-state index is 6.25. The molecule has 0 spiro atoms. The number of halogens is 1. The Balaban J connectivity index is 2.29. The summed E-state index contributed by atoms with van der Waals surface area (Å²) >= 11 is 7.96. The Morgan fingerprint density at radius 3 is 2.60 bits per heavy atom. The lowest BCUT2D eigenvalue weighted by atomic mass is 10.0. The lowest BCUT2D eigenvalue weighted by Gasteiger charge is -2.14. The second kappa shape index (κ2) is 7.16. The number of rotatable bonds is 5. The van der Waals surface area contributed by atoms with Gasteiger partial charge in [0.15, 0.2) is 0 Å². The van der Waals surface area contributed by atoms with Crippen molar-refractivity contribution >= 4 is 23.4 Å². The van der Waals surface area contributed by atoms with E-state index in [0.29, 0.717) is 0 Å². The fourth-order valence-electron chi connectivity index (χ4n) is 2.04. The lowest BCUT2D eigenvalue weighted by molar-refractivity contribution is 0.641. The van der Waals surface area contributed by atoms with Crippen molar-refractivity contribution < 1.29 is 0 Å². The maximum absolute atomic E-state index is 6.25. The molecule has 3 heteroatoms. The number of hydrogen-bond acceptors (Lipinski definition) is 2. The predicted molar refractivity (Wildman–Crippen MR) is 88.7 cm³/mol. The molecule has 0 saturated carbocycles. The van der Waals surface area contributed by atoms with Gasteiger partial charge in [-0.1, -0.05) is 60.1 Å². The van der Waals surface area contributed by atoms with Crippen molar-refractivity contribution in [3.05, 3.63) is 58.6 Å². The van der Waals surface area contributed by atoms with Crippen molar-refractivity contribution in [3.63, 3.8) is 0 Å². The van der Waals surface area contributed by atoms with E-state index in [-0.39, 0.29) is 6.04 Å². The summed E-state index contributed by atoms with van der Waals surface area (Å²) in [5.41, 5.74) is 8.69. The minimum absolute atomic E-state index is 0.211. The molecule has 0 amide bonds. The van der Waals surface area contributed by atoms with Crippen molar-refractivity contribution in [1.29, 1.82) is 0 Å². The van der Waals surface area contributed by atoms with Crippen LogP contribution in [0.5, 0.6) is 0 Å². The number of hydrogen-bond donors (Lipinski definition) is 1. The van der Waals surface area contributed by atoms with Gasteiger partial charge in [0.1, 0.15) is 0 Å². The SMILES string of the molecule is CCC(N)Cc1cc(C)ccc1Sc1ccccc1Cl. The van der Waals surface area contributed by atoms with Gasteiger partial charge < -0.3 is 5.73 Å². The quantitative estimate of drug-likeness (QED) is 0.833. The molecule has 106 valence electrons. The largest absolute Gasteiger partial charge is 0.327 e. The number of aryl methyl sites for hydroxylation is 1. The van der Waals surface area contributed by atoms with E-state index >= 15 is 0 Å². The Hall–Kier alpha value is -0.960. The van der Waals surface area contributed by atoms with Gasteiger partial charge in [-0.05, 0) is 43.5 Å². The molecule has 0 bridgehead atoms. The van der Waals surface area contributed by atoms with Gasteiger partial charge in [-0.25, -0.2) is 0 Å². The van der Waals surface area contributed by atoms with Gasteiger partial charge in [-0.15, -0.1) is 0 Å². The van der Waals surface area contributed by atoms with E-state index in [1.807, 2.05) is 18.2 Å². The Morgan fingerprint density at radius 1 is 1.15 bits per heavy atom. The fraction of sp³-hybridized carbons (Fsp3) is 0.294. The van der Waals surface area contributed by atoms with Gasteiger partial charge in [0.2, 0.25) is 0 Å². The molecular weight excluding hydrogens is 286 g/mol. The molecule has 1 nitrogen and oxygen atoms in total. The third-order valence-corrected chi connectivity index (χ3v) is 4.91. The van der Waals surface area contributed by atoms with Crippen LogP contribution in [-0.4, -0.2) is 6.04 Å². The highest BCUT2D eigenvalue weighted by atomic mass is 35.5. The molecule has 1 atom stereocenters. The topological polar surface area (TPSA) is 26.0 Å². The molecule has 2 aromatic carbocycles. The first-order valence-electron chi connectivity index (χ1n) is 6.87. The van der Waals surface area contributed by atoms with Gasteiger partial charge >= 0.3 is 0 Å². The minimum Gasteiger partial charge on any atom is -0.327 e. The van der Waals surface area contributed by atoms with Crippen LogP contribution >= 0.6 is 23.4 Å².